The monoisotopic (exact) mass is 284 g/mol. The lowest BCUT2D eigenvalue weighted by Crippen LogP contribution is -2.36. The van der Waals surface area contributed by atoms with E-state index in [-0.39, 0.29) is 17.3 Å². The summed E-state index contributed by atoms with van der Waals surface area (Å²) >= 11 is 1.20. The molecule has 1 aliphatic heterocycles. The molecular weight excluding hydrogens is 264 g/mol. The maximum Gasteiger partial charge on any atom is 0.311 e. The standard InChI is InChI=1S/C13H20N2O3S/c1-9-5-3-4-6-15(9)8-11-10(7-12(16)18-2)14-13(17)19-11/h9H,3-8H2,1-2H3,(H,14,17). The first-order chi connectivity index (χ1) is 9.10. The van der Waals surface area contributed by atoms with Crippen LogP contribution in [-0.2, 0) is 22.5 Å². The highest BCUT2D eigenvalue weighted by atomic mass is 32.1. The lowest BCUT2D eigenvalue weighted by molar-refractivity contribution is -0.139. The number of methoxy groups -OCH3 is 1. The Bertz CT molecular complexity index is 494. The number of esters is 1. The molecule has 1 N–H and O–H groups in total. The van der Waals surface area contributed by atoms with Crippen molar-refractivity contribution in [3.05, 3.63) is 20.2 Å². The molecule has 1 aliphatic rings. The molecule has 1 saturated heterocycles. The van der Waals surface area contributed by atoms with Crippen LogP contribution in [0, 0.1) is 0 Å². The van der Waals surface area contributed by atoms with Gasteiger partial charge in [0.2, 0.25) is 0 Å². The average Bonchev–Trinajstić information content (AvgIpc) is 2.72. The molecule has 0 amide bonds. The maximum atomic E-state index is 11.5. The number of hydrogen-bond acceptors (Lipinski definition) is 5. The van der Waals surface area contributed by atoms with Gasteiger partial charge in [0.25, 0.3) is 0 Å². The van der Waals surface area contributed by atoms with Crippen molar-refractivity contribution < 1.29 is 9.53 Å². The SMILES string of the molecule is COC(=O)Cc1[nH]c(=O)sc1CN1CCCCC1C. The molecule has 1 aromatic heterocycles. The Labute approximate surface area is 116 Å². The third-order valence-corrected chi connectivity index (χ3v) is 4.55. The van der Waals surface area contributed by atoms with Crippen LogP contribution in [0.3, 0.4) is 0 Å². The molecule has 1 unspecified atom stereocenters. The van der Waals surface area contributed by atoms with Gasteiger partial charge in [-0.2, -0.15) is 0 Å². The number of likely N-dealkylation sites (tertiary alicyclic amines) is 1. The molecule has 0 saturated carbocycles. The fourth-order valence-electron chi connectivity index (χ4n) is 2.46. The highest BCUT2D eigenvalue weighted by Crippen LogP contribution is 2.21. The fourth-order valence-corrected chi connectivity index (χ4v) is 3.33. The van der Waals surface area contributed by atoms with Crippen molar-refractivity contribution in [3.63, 3.8) is 0 Å². The molecule has 6 heteroatoms. The predicted molar refractivity (Wildman–Crippen MR) is 74.4 cm³/mol. The molecule has 1 atom stereocenters. The number of H-pyrrole nitrogens is 1. The topological polar surface area (TPSA) is 62.4 Å². The van der Waals surface area contributed by atoms with Gasteiger partial charge in [0.1, 0.15) is 0 Å². The molecule has 0 bridgehead atoms. The first-order valence-corrected chi connectivity index (χ1v) is 7.43. The van der Waals surface area contributed by atoms with Crippen LogP contribution in [0.2, 0.25) is 0 Å². The van der Waals surface area contributed by atoms with E-state index in [1.807, 2.05) is 0 Å². The molecule has 1 fully saturated rings. The number of nitrogens with one attached hydrogen (secondary N) is 1. The van der Waals surface area contributed by atoms with Crippen molar-refractivity contribution in [2.24, 2.45) is 0 Å². The fraction of sp³-hybridized carbons (Fsp3) is 0.692. The van der Waals surface area contributed by atoms with Crippen LogP contribution in [0.4, 0.5) is 0 Å². The molecule has 0 aliphatic carbocycles. The summed E-state index contributed by atoms with van der Waals surface area (Å²) in [6.07, 6.45) is 3.82. The smallest absolute Gasteiger partial charge is 0.311 e. The van der Waals surface area contributed by atoms with E-state index in [9.17, 15) is 9.59 Å². The van der Waals surface area contributed by atoms with Crippen molar-refractivity contribution in [2.45, 2.75) is 45.2 Å². The van der Waals surface area contributed by atoms with Crippen LogP contribution < -0.4 is 4.87 Å². The van der Waals surface area contributed by atoms with E-state index in [2.05, 4.69) is 21.5 Å². The predicted octanol–water partition coefficient (Wildman–Crippen LogP) is 1.53. The van der Waals surface area contributed by atoms with Crippen LogP contribution in [0.5, 0.6) is 0 Å². The Balaban J connectivity index is 2.10. The number of rotatable bonds is 4. The van der Waals surface area contributed by atoms with Crippen LogP contribution in [0.25, 0.3) is 0 Å². The Hall–Kier alpha value is -1.14. The molecule has 2 rings (SSSR count). The van der Waals surface area contributed by atoms with Crippen molar-refractivity contribution in [3.8, 4) is 0 Å². The minimum absolute atomic E-state index is 0.0986. The Kier molecular flexibility index (Phi) is 4.76. The van der Waals surface area contributed by atoms with Gasteiger partial charge in [-0.05, 0) is 26.3 Å². The minimum Gasteiger partial charge on any atom is -0.469 e. The number of carbonyl (C=O) groups is 1. The average molecular weight is 284 g/mol. The van der Waals surface area contributed by atoms with Crippen LogP contribution in [0.15, 0.2) is 4.79 Å². The lowest BCUT2D eigenvalue weighted by atomic mass is 10.0. The van der Waals surface area contributed by atoms with Crippen LogP contribution >= 0.6 is 11.3 Å². The maximum absolute atomic E-state index is 11.5. The van der Waals surface area contributed by atoms with Crippen molar-refractivity contribution in [2.75, 3.05) is 13.7 Å². The molecule has 0 aromatic carbocycles. The number of ether oxygens (including phenoxy) is 1. The van der Waals surface area contributed by atoms with E-state index in [1.165, 1.54) is 37.7 Å². The summed E-state index contributed by atoms with van der Waals surface area (Å²) in [5.74, 6) is -0.318. The molecule has 1 aromatic rings. The van der Waals surface area contributed by atoms with Gasteiger partial charge in [0.05, 0.1) is 13.5 Å². The normalized spacial score (nSPS) is 20.4. The van der Waals surface area contributed by atoms with Gasteiger partial charge < -0.3 is 9.72 Å². The quantitative estimate of drug-likeness (QED) is 0.852. The summed E-state index contributed by atoms with van der Waals surface area (Å²) < 4.78 is 4.66. The number of thiazole rings is 1. The van der Waals surface area contributed by atoms with Gasteiger partial charge in [-0.3, -0.25) is 14.5 Å². The minimum atomic E-state index is -0.318. The zero-order valence-electron chi connectivity index (χ0n) is 11.4. The Morgan fingerprint density at radius 3 is 3.00 bits per heavy atom. The number of aromatic nitrogens is 1. The van der Waals surface area contributed by atoms with Crippen molar-refractivity contribution in [1.29, 1.82) is 0 Å². The van der Waals surface area contributed by atoms with Gasteiger partial charge in [-0.25, -0.2) is 0 Å². The second-order valence-electron chi connectivity index (χ2n) is 4.98. The van der Waals surface area contributed by atoms with E-state index in [4.69, 9.17) is 0 Å². The number of carbonyl (C=O) groups excluding carboxylic acids is 1. The van der Waals surface area contributed by atoms with Gasteiger partial charge in [0.15, 0.2) is 0 Å². The summed E-state index contributed by atoms with van der Waals surface area (Å²) in [7, 11) is 1.36. The number of nitrogens with zero attached hydrogens (tertiary/aromatic N) is 1. The first-order valence-electron chi connectivity index (χ1n) is 6.62. The molecule has 106 valence electrons. The number of aromatic amines is 1. The van der Waals surface area contributed by atoms with Gasteiger partial charge >= 0.3 is 10.8 Å². The second kappa shape index (κ2) is 6.34. The third kappa shape index (κ3) is 3.67. The van der Waals surface area contributed by atoms with Gasteiger partial charge in [-0.15, -0.1) is 0 Å². The third-order valence-electron chi connectivity index (χ3n) is 3.64. The van der Waals surface area contributed by atoms with Crippen molar-refractivity contribution in [1.82, 2.24) is 9.88 Å². The molecule has 5 nitrogen and oxygen atoms in total. The van der Waals surface area contributed by atoms with Crippen LogP contribution in [0.1, 0.15) is 36.8 Å². The zero-order chi connectivity index (χ0) is 13.8. The summed E-state index contributed by atoms with van der Waals surface area (Å²) in [5, 5.41) is 0. The zero-order valence-corrected chi connectivity index (χ0v) is 12.2. The van der Waals surface area contributed by atoms with Gasteiger partial charge in [-0.1, -0.05) is 17.8 Å². The highest BCUT2D eigenvalue weighted by molar-refractivity contribution is 7.09. The van der Waals surface area contributed by atoms with Crippen LogP contribution in [-0.4, -0.2) is 35.5 Å². The number of hydrogen-bond donors (Lipinski definition) is 1. The largest absolute Gasteiger partial charge is 0.469 e. The molecule has 0 spiro atoms. The van der Waals surface area contributed by atoms with Crippen molar-refractivity contribution >= 4 is 17.3 Å². The molecular formula is C13H20N2O3S. The summed E-state index contributed by atoms with van der Waals surface area (Å²) in [4.78, 5) is 28.8. The van der Waals surface area contributed by atoms with Gasteiger partial charge in [0, 0.05) is 23.2 Å². The lowest BCUT2D eigenvalue weighted by Gasteiger charge is -2.33. The molecule has 2 heterocycles. The summed E-state index contributed by atoms with van der Waals surface area (Å²) in [6.45, 7) is 4.02. The molecule has 0 radical (unpaired) electrons. The summed E-state index contributed by atoms with van der Waals surface area (Å²) in [5.41, 5.74) is 0.708. The Morgan fingerprint density at radius 1 is 1.53 bits per heavy atom. The van der Waals surface area contributed by atoms with E-state index < -0.39 is 0 Å². The van der Waals surface area contributed by atoms with E-state index in [0.29, 0.717) is 11.7 Å². The Morgan fingerprint density at radius 2 is 2.32 bits per heavy atom. The van der Waals surface area contributed by atoms with E-state index in [1.54, 1.807) is 0 Å². The van der Waals surface area contributed by atoms with E-state index in [0.717, 1.165) is 18.0 Å². The first kappa shape index (κ1) is 14.3. The summed E-state index contributed by atoms with van der Waals surface area (Å²) in [6, 6.07) is 0.539. The van der Waals surface area contributed by atoms with E-state index >= 15 is 0 Å². The second-order valence-corrected chi connectivity index (χ2v) is 6.05. The molecule has 19 heavy (non-hydrogen) atoms. The highest BCUT2D eigenvalue weighted by Gasteiger charge is 2.21. The number of piperidine rings is 1.